The standard InChI is InChI=1S/C19H12F3NO3/c1-25-19(24)18-15(9-6-12(20)16(22)13(21)7-9)11-8-26-14-5-3-2-4-10(14)17(11)23-18/h2-7,23H,8H2,1H3. The van der Waals surface area contributed by atoms with E-state index >= 15 is 0 Å². The number of methoxy groups -OCH3 is 1. The van der Waals surface area contributed by atoms with Gasteiger partial charge in [0.1, 0.15) is 18.1 Å². The van der Waals surface area contributed by atoms with E-state index in [1.54, 1.807) is 24.3 Å². The van der Waals surface area contributed by atoms with Gasteiger partial charge >= 0.3 is 5.97 Å². The third-order valence-electron chi connectivity index (χ3n) is 4.29. The first-order valence-corrected chi connectivity index (χ1v) is 7.71. The average molecular weight is 359 g/mol. The number of aromatic nitrogens is 1. The molecule has 0 aliphatic carbocycles. The molecule has 1 aromatic heterocycles. The van der Waals surface area contributed by atoms with Crippen molar-refractivity contribution in [2.75, 3.05) is 7.11 Å². The highest BCUT2D eigenvalue weighted by Crippen LogP contribution is 2.43. The summed E-state index contributed by atoms with van der Waals surface area (Å²) in [6.07, 6.45) is 0. The second-order valence-electron chi connectivity index (χ2n) is 5.76. The van der Waals surface area contributed by atoms with Gasteiger partial charge in [0, 0.05) is 16.7 Å². The van der Waals surface area contributed by atoms with Crippen LogP contribution in [0.25, 0.3) is 22.4 Å². The van der Waals surface area contributed by atoms with Gasteiger partial charge in [0.25, 0.3) is 0 Å². The number of aromatic amines is 1. The van der Waals surface area contributed by atoms with E-state index in [0.29, 0.717) is 22.6 Å². The molecule has 0 saturated heterocycles. The number of nitrogens with one attached hydrogen (secondary N) is 1. The lowest BCUT2D eigenvalue weighted by Crippen LogP contribution is -2.06. The van der Waals surface area contributed by atoms with Gasteiger partial charge in [0.2, 0.25) is 0 Å². The Hall–Kier alpha value is -3.22. The summed E-state index contributed by atoms with van der Waals surface area (Å²) in [6, 6.07) is 8.85. The van der Waals surface area contributed by atoms with Gasteiger partial charge < -0.3 is 14.5 Å². The van der Waals surface area contributed by atoms with E-state index in [1.807, 2.05) is 0 Å². The molecule has 0 spiro atoms. The minimum atomic E-state index is -1.57. The molecule has 1 aliphatic heterocycles. The maximum Gasteiger partial charge on any atom is 0.355 e. The fourth-order valence-corrected chi connectivity index (χ4v) is 3.14. The van der Waals surface area contributed by atoms with E-state index in [4.69, 9.17) is 9.47 Å². The number of rotatable bonds is 2. The number of halogens is 3. The molecule has 3 aromatic rings. The summed E-state index contributed by atoms with van der Waals surface area (Å²) >= 11 is 0. The van der Waals surface area contributed by atoms with Gasteiger partial charge in [0.15, 0.2) is 17.5 Å². The molecule has 1 aliphatic rings. The fraction of sp³-hybridized carbons (Fsp3) is 0.105. The molecular weight excluding hydrogens is 347 g/mol. The van der Waals surface area contributed by atoms with Crippen molar-refractivity contribution in [1.82, 2.24) is 4.98 Å². The molecule has 0 saturated carbocycles. The molecule has 1 N–H and O–H groups in total. The van der Waals surface area contributed by atoms with Crippen LogP contribution in [0.4, 0.5) is 13.2 Å². The first kappa shape index (κ1) is 16.3. The van der Waals surface area contributed by atoms with Gasteiger partial charge in [-0.25, -0.2) is 18.0 Å². The number of benzene rings is 2. The van der Waals surface area contributed by atoms with Crippen LogP contribution in [0, 0.1) is 17.5 Å². The lowest BCUT2D eigenvalue weighted by Gasteiger charge is -2.18. The Morgan fingerprint density at radius 1 is 1.15 bits per heavy atom. The highest BCUT2D eigenvalue weighted by atomic mass is 19.2. The molecule has 0 amide bonds. The minimum Gasteiger partial charge on any atom is -0.488 e. The zero-order valence-electron chi connectivity index (χ0n) is 13.5. The van der Waals surface area contributed by atoms with Crippen LogP contribution in [0.1, 0.15) is 16.1 Å². The number of esters is 1. The smallest absolute Gasteiger partial charge is 0.355 e. The van der Waals surface area contributed by atoms with Crippen LogP contribution < -0.4 is 4.74 Å². The quantitative estimate of drug-likeness (QED) is 0.543. The molecule has 0 unspecified atom stereocenters. The first-order chi connectivity index (χ1) is 12.5. The average Bonchev–Trinajstić information content (AvgIpc) is 3.05. The molecular formula is C19H12F3NO3. The SMILES string of the molecule is COC(=O)c1[nH]c2c(c1-c1cc(F)c(F)c(F)c1)COc1ccccc1-2. The Labute approximate surface area is 146 Å². The van der Waals surface area contributed by atoms with Crippen LogP contribution in [0.2, 0.25) is 0 Å². The first-order valence-electron chi connectivity index (χ1n) is 7.71. The molecule has 4 rings (SSSR count). The second-order valence-corrected chi connectivity index (χ2v) is 5.76. The zero-order chi connectivity index (χ0) is 18.4. The van der Waals surface area contributed by atoms with Gasteiger partial charge in [-0.05, 0) is 29.8 Å². The summed E-state index contributed by atoms with van der Waals surface area (Å²) in [6.45, 7) is 0.0792. The Kier molecular flexibility index (Phi) is 3.72. The van der Waals surface area contributed by atoms with Crippen molar-refractivity contribution < 1.29 is 27.4 Å². The number of hydrogen-bond acceptors (Lipinski definition) is 3. The predicted octanol–water partition coefficient (Wildman–Crippen LogP) is 4.45. The normalized spacial score (nSPS) is 12.2. The predicted molar refractivity (Wildman–Crippen MR) is 87.2 cm³/mol. The van der Waals surface area contributed by atoms with E-state index in [-0.39, 0.29) is 23.4 Å². The molecule has 7 heteroatoms. The number of para-hydroxylation sites is 1. The summed E-state index contributed by atoms with van der Waals surface area (Å²) in [4.78, 5) is 15.2. The monoisotopic (exact) mass is 359 g/mol. The molecule has 0 bridgehead atoms. The maximum absolute atomic E-state index is 13.7. The molecule has 2 aromatic carbocycles. The van der Waals surface area contributed by atoms with E-state index < -0.39 is 23.4 Å². The molecule has 2 heterocycles. The summed E-state index contributed by atoms with van der Waals surface area (Å²) < 4.78 is 51.3. The van der Waals surface area contributed by atoms with Crippen molar-refractivity contribution in [3.8, 4) is 28.1 Å². The van der Waals surface area contributed by atoms with Crippen molar-refractivity contribution >= 4 is 5.97 Å². The molecule has 4 nitrogen and oxygen atoms in total. The number of carbonyl (C=O) groups excluding carboxylic acids is 1. The van der Waals surface area contributed by atoms with Crippen molar-refractivity contribution in [2.24, 2.45) is 0 Å². The third kappa shape index (κ3) is 2.35. The molecule has 132 valence electrons. The van der Waals surface area contributed by atoms with Crippen LogP contribution in [0.15, 0.2) is 36.4 Å². The zero-order valence-corrected chi connectivity index (χ0v) is 13.5. The van der Waals surface area contributed by atoms with Crippen LogP contribution in [0.3, 0.4) is 0 Å². The fourth-order valence-electron chi connectivity index (χ4n) is 3.14. The van der Waals surface area contributed by atoms with E-state index in [1.165, 1.54) is 7.11 Å². The van der Waals surface area contributed by atoms with Crippen LogP contribution >= 0.6 is 0 Å². The van der Waals surface area contributed by atoms with Crippen molar-refractivity contribution in [3.05, 3.63) is 65.1 Å². The van der Waals surface area contributed by atoms with Gasteiger partial charge in [0.05, 0.1) is 12.8 Å². The highest BCUT2D eigenvalue weighted by molar-refractivity contribution is 5.99. The Balaban J connectivity index is 2.01. The number of fused-ring (bicyclic) bond motifs is 3. The van der Waals surface area contributed by atoms with Gasteiger partial charge in [-0.2, -0.15) is 0 Å². The summed E-state index contributed by atoms with van der Waals surface area (Å²) in [5, 5.41) is 0. The lowest BCUT2D eigenvalue weighted by molar-refractivity contribution is 0.0596. The molecule has 0 fully saturated rings. The van der Waals surface area contributed by atoms with Crippen LogP contribution in [-0.2, 0) is 11.3 Å². The number of hydrogen-bond donors (Lipinski definition) is 1. The Morgan fingerprint density at radius 3 is 2.54 bits per heavy atom. The van der Waals surface area contributed by atoms with Crippen LogP contribution in [0.5, 0.6) is 5.75 Å². The Bertz CT molecular complexity index is 1020. The summed E-state index contributed by atoms with van der Waals surface area (Å²) in [5.41, 5.74) is 2.08. The number of H-pyrrole nitrogens is 1. The topological polar surface area (TPSA) is 51.3 Å². The van der Waals surface area contributed by atoms with E-state index in [2.05, 4.69) is 4.98 Å². The summed E-state index contributed by atoms with van der Waals surface area (Å²) in [5.74, 6) is -4.36. The van der Waals surface area contributed by atoms with Gasteiger partial charge in [-0.15, -0.1) is 0 Å². The number of ether oxygens (including phenoxy) is 2. The van der Waals surface area contributed by atoms with Crippen LogP contribution in [-0.4, -0.2) is 18.1 Å². The van der Waals surface area contributed by atoms with Crippen molar-refractivity contribution in [1.29, 1.82) is 0 Å². The minimum absolute atomic E-state index is 0.0160. The second kappa shape index (κ2) is 5.94. The third-order valence-corrected chi connectivity index (χ3v) is 4.29. The molecule has 0 atom stereocenters. The van der Waals surface area contributed by atoms with E-state index in [9.17, 15) is 18.0 Å². The van der Waals surface area contributed by atoms with E-state index in [0.717, 1.165) is 12.1 Å². The van der Waals surface area contributed by atoms with Crippen molar-refractivity contribution in [2.45, 2.75) is 6.61 Å². The lowest BCUT2D eigenvalue weighted by atomic mass is 9.96. The molecule has 26 heavy (non-hydrogen) atoms. The van der Waals surface area contributed by atoms with Gasteiger partial charge in [-0.3, -0.25) is 0 Å². The maximum atomic E-state index is 13.7. The largest absolute Gasteiger partial charge is 0.488 e. The summed E-state index contributed by atoms with van der Waals surface area (Å²) in [7, 11) is 1.20. The van der Waals surface area contributed by atoms with Gasteiger partial charge in [-0.1, -0.05) is 12.1 Å². The van der Waals surface area contributed by atoms with Crippen molar-refractivity contribution in [3.63, 3.8) is 0 Å². The highest BCUT2D eigenvalue weighted by Gasteiger charge is 2.29. The molecule has 0 radical (unpaired) electrons. The Morgan fingerprint density at radius 2 is 1.85 bits per heavy atom. The number of carbonyl (C=O) groups is 1.